The SMILES string of the molecule is CC(C)(C)C(=O)C(C#N)=NNc1cc(S(O)(O)O)ccc1O. The number of nitrogens with one attached hydrogen (secondary N) is 1. The first kappa shape index (κ1) is 17.9. The van der Waals surface area contributed by atoms with E-state index < -0.39 is 27.8 Å². The van der Waals surface area contributed by atoms with E-state index in [1.807, 2.05) is 0 Å². The summed E-state index contributed by atoms with van der Waals surface area (Å²) in [5.41, 5.74) is 1.01. The number of ketones is 1. The Morgan fingerprint density at radius 1 is 1.32 bits per heavy atom. The fraction of sp³-hybridized carbons (Fsp3) is 0.308. The van der Waals surface area contributed by atoms with Crippen LogP contribution in [0.5, 0.6) is 5.75 Å². The molecule has 1 aromatic rings. The van der Waals surface area contributed by atoms with Gasteiger partial charge in [-0.2, -0.15) is 10.4 Å². The summed E-state index contributed by atoms with van der Waals surface area (Å²) in [6, 6.07) is 4.93. The van der Waals surface area contributed by atoms with Crippen molar-refractivity contribution in [2.45, 2.75) is 25.7 Å². The van der Waals surface area contributed by atoms with Gasteiger partial charge in [0, 0.05) is 5.41 Å². The van der Waals surface area contributed by atoms with Gasteiger partial charge in [-0.05, 0) is 18.2 Å². The lowest BCUT2D eigenvalue weighted by Crippen LogP contribution is -2.28. The molecule has 0 aliphatic rings. The number of phenols is 1. The Morgan fingerprint density at radius 3 is 2.36 bits per heavy atom. The molecule has 22 heavy (non-hydrogen) atoms. The summed E-state index contributed by atoms with van der Waals surface area (Å²) in [6.45, 7) is 4.88. The molecule has 0 fully saturated rings. The van der Waals surface area contributed by atoms with Crippen LogP contribution in [0.2, 0.25) is 0 Å². The number of benzene rings is 1. The van der Waals surface area contributed by atoms with Crippen molar-refractivity contribution in [2.24, 2.45) is 10.5 Å². The Morgan fingerprint density at radius 2 is 1.91 bits per heavy atom. The molecule has 0 heterocycles. The van der Waals surface area contributed by atoms with Gasteiger partial charge in [-0.25, -0.2) is 0 Å². The van der Waals surface area contributed by atoms with E-state index in [0.29, 0.717) is 0 Å². The maximum absolute atomic E-state index is 12.0. The average Bonchev–Trinajstić information content (AvgIpc) is 2.38. The van der Waals surface area contributed by atoms with Gasteiger partial charge in [0.25, 0.3) is 0 Å². The molecular weight excluding hydrogens is 310 g/mol. The fourth-order valence-electron chi connectivity index (χ4n) is 1.37. The first-order valence-corrected chi connectivity index (χ1v) is 7.59. The number of hydrazone groups is 1. The molecule has 1 rings (SSSR count). The number of hydrogen-bond acceptors (Lipinski definition) is 8. The predicted octanol–water partition coefficient (Wildman–Crippen LogP) is 2.88. The predicted molar refractivity (Wildman–Crippen MR) is 83.0 cm³/mol. The molecule has 0 radical (unpaired) electrons. The number of Topliss-reactive ketones (excluding diaryl/α,β-unsaturated/α-hetero) is 1. The Balaban J connectivity index is 3.12. The second kappa shape index (κ2) is 6.33. The molecule has 0 bridgehead atoms. The van der Waals surface area contributed by atoms with Crippen LogP contribution in [-0.4, -0.2) is 30.3 Å². The highest BCUT2D eigenvalue weighted by Crippen LogP contribution is 2.45. The van der Waals surface area contributed by atoms with Crippen molar-refractivity contribution < 1.29 is 23.6 Å². The normalized spacial score (nSPS) is 13.4. The Labute approximate surface area is 129 Å². The number of aromatic hydroxyl groups is 1. The monoisotopic (exact) mass is 327 g/mol. The maximum atomic E-state index is 12.0. The third kappa shape index (κ3) is 4.44. The number of rotatable bonds is 4. The van der Waals surface area contributed by atoms with E-state index in [1.54, 1.807) is 26.8 Å². The highest BCUT2D eigenvalue weighted by atomic mass is 32.3. The fourth-order valence-corrected chi connectivity index (χ4v) is 1.90. The number of carbonyl (C=O) groups is 1. The topological polar surface area (TPSA) is 146 Å². The summed E-state index contributed by atoms with van der Waals surface area (Å²) in [7, 11) is -3.96. The minimum atomic E-state index is -3.96. The first-order chi connectivity index (χ1) is 9.96. The maximum Gasteiger partial charge on any atom is 0.204 e. The van der Waals surface area contributed by atoms with Crippen LogP contribution in [0.4, 0.5) is 5.69 Å². The lowest BCUT2D eigenvalue weighted by Gasteiger charge is -2.20. The molecule has 0 aliphatic heterocycles. The Bertz CT molecular complexity index is 653. The van der Waals surface area contributed by atoms with Crippen molar-refractivity contribution in [3.05, 3.63) is 18.2 Å². The quantitative estimate of drug-likeness (QED) is 0.324. The minimum absolute atomic E-state index is 0.0963. The molecule has 1 aromatic carbocycles. The van der Waals surface area contributed by atoms with Crippen LogP contribution >= 0.6 is 10.9 Å². The molecule has 0 spiro atoms. The molecule has 0 unspecified atom stereocenters. The molecule has 9 heteroatoms. The van der Waals surface area contributed by atoms with Crippen LogP contribution in [0, 0.1) is 16.7 Å². The number of hydrogen-bond donors (Lipinski definition) is 5. The number of anilines is 1. The summed E-state index contributed by atoms with van der Waals surface area (Å²) in [6.07, 6.45) is 0. The molecule has 0 saturated carbocycles. The van der Waals surface area contributed by atoms with Crippen LogP contribution in [0.25, 0.3) is 0 Å². The van der Waals surface area contributed by atoms with E-state index in [4.69, 9.17) is 18.9 Å². The van der Waals surface area contributed by atoms with Gasteiger partial charge in [0.1, 0.15) is 22.7 Å². The summed E-state index contributed by atoms with van der Waals surface area (Å²) in [5, 5.41) is 22.2. The molecule has 0 amide bonds. The average molecular weight is 327 g/mol. The second-order valence-electron chi connectivity index (χ2n) is 5.46. The van der Waals surface area contributed by atoms with Crippen LogP contribution in [0.3, 0.4) is 0 Å². The van der Waals surface area contributed by atoms with Gasteiger partial charge in [-0.1, -0.05) is 20.8 Å². The van der Waals surface area contributed by atoms with Crippen molar-refractivity contribution in [1.82, 2.24) is 0 Å². The minimum Gasteiger partial charge on any atom is -0.506 e. The summed E-state index contributed by atoms with van der Waals surface area (Å²) < 4.78 is 27.5. The van der Waals surface area contributed by atoms with Crippen LogP contribution < -0.4 is 5.43 Å². The zero-order valence-electron chi connectivity index (χ0n) is 12.2. The van der Waals surface area contributed by atoms with E-state index in [2.05, 4.69) is 10.5 Å². The molecule has 120 valence electrons. The molecule has 0 aliphatic carbocycles. The van der Waals surface area contributed by atoms with Gasteiger partial charge in [0.15, 0.2) is 5.78 Å². The van der Waals surface area contributed by atoms with Gasteiger partial charge in [0.05, 0.1) is 10.6 Å². The molecule has 0 aromatic heterocycles. The largest absolute Gasteiger partial charge is 0.506 e. The standard InChI is InChI=1S/C13H17N3O5S/c1-13(2,3)12(18)10(7-14)16-15-9-6-8(22(19,20)21)4-5-11(9)17/h4-6,15,17,19-21H,1-3H3. The lowest BCUT2D eigenvalue weighted by atomic mass is 9.88. The van der Waals surface area contributed by atoms with Crippen molar-refractivity contribution in [3.63, 3.8) is 0 Å². The zero-order chi connectivity index (χ0) is 17.1. The molecule has 5 N–H and O–H groups in total. The van der Waals surface area contributed by atoms with E-state index >= 15 is 0 Å². The Hall–Kier alpha value is -2.12. The summed E-state index contributed by atoms with van der Waals surface area (Å²) >= 11 is 0. The number of nitrogens with zero attached hydrogens (tertiary/aromatic N) is 2. The summed E-state index contributed by atoms with van der Waals surface area (Å²) in [4.78, 5) is 11.7. The van der Waals surface area contributed by atoms with Crippen LogP contribution in [0.15, 0.2) is 28.2 Å². The number of carbonyl (C=O) groups excluding carboxylic acids is 1. The van der Waals surface area contributed by atoms with Crippen molar-refractivity contribution in [1.29, 1.82) is 5.26 Å². The summed E-state index contributed by atoms with van der Waals surface area (Å²) in [5.74, 6) is -0.804. The van der Waals surface area contributed by atoms with Crippen molar-refractivity contribution in [3.8, 4) is 11.8 Å². The van der Waals surface area contributed by atoms with Crippen molar-refractivity contribution >= 4 is 28.1 Å². The van der Waals surface area contributed by atoms with E-state index in [9.17, 15) is 9.90 Å². The first-order valence-electron chi connectivity index (χ1n) is 6.09. The molecular formula is C13H17N3O5S. The highest BCUT2D eigenvalue weighted by Gasteiger charge is 2.26. The third-order valence-corrected chi connectivity index (χ3v) is 3.46. The second-order valence-corrected chi connectivity index (χ2v) is 6.97. The van der Waals surface area contributed by atoms with Crippen molar-refractivity contribution in [2.75, 3.05) is 5.43 Å². The van der Waals surface area contributed by atoms with E-state index in [1.165, 1.54) is 0 Å². The van der Waals surface area contributed by atoms with Gasteiger partial charge < -0.3 is 18.8 Å². The highest BCUT2D eigenvalue weighted by molar-refractivity contribution is 8.19. The van der Waals surface area contributed by atoms with Crippen LogP contribution in [-0.2, 0) is 4.79 Å². The van der Waals surface area contributed by atoms with Gasteiger partial charge in [-0.3, -0.25) is 10.2 Å². The van der Waals surface area contributed by atoms with E-state index in [-0.39, 0.29) is 16.3 Å². The molecule has 8 nitrogen and oxygen atoms in total. The van der Waals surface area contributed by atoms with Crippen LogP contribution in [0.1, 0.15) is 20.8 Å². The Kier molecular flexibility index (Phi) is 5.16. The lowest BCUT2D eigenvalue weighted by molar-refractivity contribution is -0.119. The number of nitriles is 1. The smallest absolute Gasteiger partial charge is 0.204 e. The zero-order valence-corrected chi connectivity index (χ0v) is 13.0. The molecule has 0 saturated heterocycles. The van der Waals surface area contributed by atoms with Gasteiger partial charge in [0.2, 0.25) is 5.71 Å². The van der Waals surface area contributed by atoms with Gasteiger partial charge in [-0.15, -0.1) is 0 Å². The third-order valence-electron chi connectivity index (χ3n) is 2.57. The van der Waals surface area contributed by atoms with E-state index in [0.717, 1.165) is 18.2 Å². The number of phenolic OH excluding ortho intramolecular Hbond substituents is 1. The van der Waals surface area contributed by atoms with Gasteiger partial charge >= 0.3 is 0 Å². The molecule has 0 atom stereocenters.